The quantitative estimate of drug-likeness (QED) is 0.208. The van der Waals surface area contributed by atoms with Crippen LogP contribution in [0.5, 0.6) is 0 Å². The summed E-state index contributed by atoms with van der Waals surface area (Å²) >= 11 is 0. The van der Waals surface area contributed by atoms with Gasteiger partial charge < -0.3 is 20.6 Å². The van der Waals surface area contributed by atoms with Crippen LogP contribution in [0.25, 0.3) is 0 Å². The van der Waals surface area contributed by atoms with E-state index in [0.29, 0.717) is 13.1 Å². The molecule has 0 unspecified atom stereocenters. The van der Waals surface area contributed by atoms with Crippen molar-refractivity contribution in [1.82, 2.24) is 24.9 Å². The molecule has 4 N–H and O–H groups in total. The zero-order valence-corrected chi connectivity index (χ0v) is 19.6. The lowest BCUT2D eigenvalue weighted by atomic mass is 10.1. The minimum Gasteiger partial charge on any atom is -0.480 e. The molecule has 1 atom stereocenters. The van der Waals surface area contributed by atoms with E-state index in [1.54, 1.807) is 14.7 Å². The fourth-order valence-corrected chi connectivity index (χ4v) is 4.17. The topological polar surface area (TPSA) is 188 Å². The molecule has 2 rings (SSSR count). The van der Waals surface area contributed by atoms with Crippen LogP contribution in [0, 0.1) is 0 Å². The molecule has 2 fully saturated rings. The Morgan fingerprint density at radius 2 is 1.29 bits per heavy atom. The van der Waals surface area contributed by atoms with Gasteiger partial charge in [-0.15, -0.1) is 0 Å². The third-order valence-corrected chi connectivity index (χ3v) is 6.04. The molecule has 0 aromatic heterocycles. The maximum atomic E-state index is 12.3. The van der Waals surface area contributed by atoms with Gasteiger partial charge in [0.25, 0.3) is 0 Å². The first-order chi connectivity index (χ1) is 16.6. The van der Waals surface area contributed by atoms with Gasteiger partial charge in [-0.3, -0.25) is 48.4 Å². The van der Waals surface area contributed by atoms with Crippen molar-refractivity contribution in [3.05, 3.63) is 0 Å². The zero-order valence-electron chi connectivity index (χ0n) is 19.6. The second kappa shape index (κ2) is 13.7. The number of likely N-dealkylation sites (tertiary alicyclic amines) is 1. The van der Waals surface area contributed by atoms with Gasteiger partial charge in [0.15, 0.2) is 0 Å². The van der Waals surface area contributed by atoms with Gasteiger partial charge in [0, 0.05) is 71.6 Å². The summed E-state index contributed by atoms with van der Waals surface area (Å²) in [6.45, 7) is 1.34. The summed E-state index contributed by atoms with van der Waals surface area (Å²) in [6, 6.07) is -1.03. The third kappa shape index (κ3) is 9.58. The molecule has 2 aliphatic rings. The summed E-state index contributed by atoms with van der Waals surface area (Å²) in [5, 5.41) is 30.7. The van der Waals surface area contributed by atoms with Crippen LogP contribution in [-0.4, -0.2) is 142 Å². The summed E-state index contributed by atoms with van der Waals surface area (Å²) in [6.07, 6.45) is 0.209. The lowest BCUT2D eigenvalue weighted by molar-refractivity contribution is -0.145. The fraction of sp³-hybridized carbons (Fsp3) is 0.714. The maximum absolute atomic E-state index is 12.3. The van der Waals surface area contributed by atoms with E-state index in [1.165, 1.54) is 0 Å². The molecular formula is C21H33N5O9. The Balaban J connectivity index is 1.94. The van der Waals surface area contributed by atoms with Crippen molar-refractivity contribution in [2.24, 2.45) is 0 Å². The Kier molecular flexibility index (Phi) is 11.0. The van der Waals surface area contributed by atoms with Crippen molar-refractivity contribution in [2.45, 2.75) is 31.7 Å². The first-order valence-corrected chi connectivity index (χ1v) is 11.5. The van der Waals surface area contributed by atoms with Crippen LogP contribution in [0.4, 0.5) is 0 Å². The van der Waals surface area contributed by atoms with E-state index in [-0.39, 0.29) is 89.9 Å². The SMILES string of the molecule is O=C(O)CN1CCN(CC(=O)O)CCN([C@@H](CCC(=O)NCCN2C(=O)CCC2=O)C(=O)O)CC1. The minimum atomic E-state index is -1.14. The summed E-state index contributed by atoms with van der Waals surface area (Å²) in [5.41, 5.74) is 0. The van der Waals surface area contributed by atoms with Crippen molar-refractivity contribution >= 4 is 35.6 Å². The molecular weight excluding hydrogens is 466 g/mol. The highest BCUT2D eigenvalue weighted by Crippen LogP contribution is 2.12. The number of carbonyl (C=O) groups excluding carboxylic acids is 3. The normalized spacial score (nSPS) is 19.6. The van der Waals surface area contributed by atoms with Gasteiger partial charge in [-0.25, -0.2) is 0 Å². The lowest BCUT2D eigenvalue weighted by Crippen LogP contribution is -2.47. The molecule has 14 nitrogen and oxygen atoms in total. The van der Waals surface area contributed by atoms with E-state index in [9.17, 15) is 33.9 Å². The Hall–Kier alpha value is -3.10. The summed E-state index contributed by atoms with van der Waals surface area (Å²) < 4.78 is 0. The predicted octanol–water partition coefficient (Wildman–Crippen LogP) is -2.43. The first kappa shape index (κ1) is 28.1. The number of nitrogens with zero attached hydrogens (tertiary/aromatic N) is 4. The number of carbonyl (C=O) groups is 6. The number of hydrogen-bond donors (Lipinski definition) is 4. The van der Waals surface area contributed by atoms with E-state index in [1.807, 2.05) is 0 Å². The van der Waals surface area contributed by atoms with Crippen molar-refractivity contribution in [3.8, 4) is 0 Å². The molecule has 2 saturated heterocycles. The molecule has 35 heavy (non-hydrogen) atoms. The second-order valence-corrected chi connectivity index (χ2v) is 8.56. The molecule has 14 heteroatoms. The molecule has 3 amide bonds. The summed E-state index contributed by atoms with van der Waals surface area (Å²) in [4.78, 5) is 75.8. The van der Waals surface area contributed by atoms with Crippen LogP contribution in [-0.2, 0) is 28.8 Å². The molecule has 0 bridgehead atoms. The molecule has 0 aliphatic carbocycles. The number of carboxylic acids is 3. The minimum absolute atomic E-state index is 0.0133. The number of nitrogens with one attached hydrogen (secondary N) is 1. The van der Waals surface area contributed by atoms with E-state index in [2.05, 4.69) is 5.32 Å². The Bertz CT molecular complexity index is 777. The predicted molar refractivity (Wildman–Crippen MR) is 119 cm³/mol. The molecule has 196 valence electrons. The van der Waals surface area contributed by atoms with Crippen LogP contribution in [0.1, 0.15) is 25.7 Å². The number of rotatable bonds is 12. The highest BCUT2D eigenvalue weighted by molar-refractivity contribution is 6.01. The standard InChI is InChI=1S/C21H33N5O9/c27-16(22-5-6-26-17(28)3-4-18(26)29)2-1-15(21(34)35)25-11-9-23(13-19(30)31)7-8-24(10-12-25)14-20(32)33/h15H,1-14H2,(H,22,27)(H,30,31)(H,32,33)(H,34,35)/t15-/m0/s1. The largest absolute Gasteiger partial charge is 0.480 e. The van der Waals surface area contributed by atoms with E-state index in [0.717, 1.165) is 4.90 Å². The molecule has 0 radical (unpaired) electrons. The lowest BCUT2D eigenvalue weighted by Gasteiger charge is -2.30. The van der Waals surface area contributed by atoms with E-state index >= 15 is 0 Å². The van der Waals surface area contributed by atoms with Gasteiger partial charge in [0.05, 0.1) is 13.1 Å². The highest BCUT2D eigenvalue weighted by Gasteiger charge is 2.30. The van der Waals surface area contributed by atoms with Crippen LogP contribution < -0.4 is 5.32 Å². The Morgan fingerprint density at radius 1 is 0.800 bits per heavy atom. The Morgan fingerprint density at radius 3 is 1.74 bits per heavy atom. The number of carboxylic acid groups (broad SMARTS) is 3. The molecule has 0 aromatic carbocycles. The van der Waals surface area contributed by atoms with Crippen molar-refractivity contribution in [2.75, 3.05) is 65.4 Å². The first-order valence-electron chi connectivity index (χ1n) is 11.5. The molecule has 0 aromatic rings. The zero-order chi connectivity index (χ0) is 26.0. The van der Waals surface area contributed by atoms with Crippen LogP contribution >= 0.6 is 0 Å². The van der Waals surface area contributed by atoms with Crippen LogP contribution in [0.2, 0.25) is 0 Å². The molecule has 0 saturated carbocycles. The highest BCUT2D eigenvalue weighted by atomic mass is 16.4. The van der Waals surface area contributed by atoms with Crippen molar-refractivity contribution in [3.63, 3.8) is 0 Å². The average Bonchev–Trinajstić information content (AvgIpc) is 3.12. The van der Waals surface area contributed by atoms with Gasteiger partial charge >= 0.3 is 17.9 Å². The van der Waals surface area contributed by atoms with Gasteiger partial charge in [-0.1, -0.05) is 0 Å². The van der Waals surface area contributed by atoms with Gasteiger partial charge in [0.2, 0.25) is 17.7 Å². The van der Waals surface area contributed by atoms with E-state index in [4.69, 9.17) is 10.2 Å². The van der Waals surface area contributed by atoms with Gasteiger partial charge in [-0.05, 0) is 6.42 Å². The van der Waals surface area contributed by atoms with E-state index < -0.39 is 29.9 Å². The smallest absolute Gasteiger partial charge is 0.320 e. The maximum Gasteiger partial charge on any atom is 0.320 e. The van der Waals surface area contributed by atoms with Gasteiger partial charge in [-0.2, -0.15) is 0 Å². The number of imide groups is 1. The van der Waals surface area contributed by atoms with Crippen LogP contribution in [0.15, 0.2) is 0 Å². The molecule has 0 spiro atoms. The fourth-order valence-electron chi connectivity index (χ4n) is 4.17. The number of hydrogen-bond acceptors (Lipinski definition) is 9. The van der Waals surface area contributed by atoms with Crippen LogP contribution in [0.3, 0.4) is 0 Å². The molecule has 2 heterocycles. The number of aliphatic carboxylic acids is 3. The summed E-state index contributed by atoms with van der Waals surface area (Å²) in [7, 11) is 0. The number of amides is 3. The second-order valence-electron chi connectivity index (χ2n) is 8.56. The van der Waals surface area contributed by atoms with Crippen molar-refractivity contribution in [1.29, 1.82) is 0 Å². The van der Waals surface area contributed by atoms with Crippen molar-refractivity contribution < 1.29 is 44.1 Å². The Labute approximate surface area is 202 Å². The monoisotopic (exact) mass is 499 g/mol. The summed E-state index contributed by atoms with van der Waals surface area (Å²) in [5.74, 6) is -4.19. The average molecular weight is 500 g/mol. The molecule has 2 aliphatic heterocycles. The third-order valence-electron chi connectivity index (χ3n) is 6.04. The van der Waals surface area contributed by atoms with Gasteiger partial charge in [0.1, 0.15) is 6.04 Å².